The van der Waals surface area contributed by atoms with E-state index in [0.29, 0.717) is 6.61 Å². The first-order valence-corrected chi connectivity index (χ1v) is 27.3. The number of carbonyl (C=O) groups excluding carboxylic acids is 3. The minimum absolute atomic E-state index is 0.0409. The Morgan fingerprint density at radius 3 is 1.28 bits per heavy atom. The summed E-state index contributed by atoms with van der Waals surface area (Å²) in [5, 5.41) is 12.2. The molecule has 15 heteroatoms. The normalized spacial score (nSPS) is 22.8. The van der Waals surface area contributed by atoms with Crippen LogP contribution in [0.5, 0.6) is 0 Å². The fourth-order valence-corrected chi connectivity index (χ4v) is 10.2. The molecule has 0 unspecified atom stereocenters. The first-order chi connectivity index (χ1) is 38.8. The van der Waals surface area contributed by atoms with Crippen LogP contribution in [0, 0.1) is 0 Å². The highest BCUT2D eigenvalue weighted by Gasteiger charge is 2.52. The SMILES string of the molecule is O=C(CCC(=O)O[C@H]1[C@H](O)[C@@H](OC(=O)c2ccccc2)[C@@H](OCc2ccccc2)O[C@@H]1COCc1ccccc1)O[C@H]1[C@@H](OCc2ccccc2)[C@H](OCc2ccccc2)[C@@H](COCc2ccccc2)O[C@@H]1Sc1ccccc1. The molecule has 9 rings (SSSR count). The smallest absolute Gasteiger partial charge is 0.338 e. The minimum Gasteiger partial charge on any atom is -0.457 e. The summed E-state index contributed by atoms with van der Waals surface area (Å²) in [6.45, 7) is 0.849. The molecule has 79 heavy (non-hydrogen) atoms. The van der Waals surface area contributed by atoms with E-state index in [2.05, 4.69) is 0 Å². The van der Waals surface area contributed by atoms with Gasteiger partial charge < -0.3 is 52.5 Å². The molecule has 2 heterocycles. The molecule has 0 saturated carbocycles. The Morgan fingerprint density at radius 1 is 0.405 bits per heavy atom. The molecule has 2 aliphatic heterocycles. The van der Waals surface area contributed by atoms with Crippen LogP contribution < -0.4 is 0 Å². The van der Waals surface area contributed by atoms with E-state index in [1.54, 1.807) is 30.3 Å². The number of ether oxygens (including phenoxy) is 10. The van der Waals surface area contributed by atoms with Crippen LogP contribution >= 0.6 is 11.8 Å². The number of hydrogen-bond acceptors (Lipinski definition) is 15. The van der Waals surface area contributed by atoms with Gasteiger partial charge in [-0.1, -0.05) is 200 Å². The summed E-state index contributed by atoms with van der Waals surface area (Å²) >= 11 is 1.37. The molecule has 7 aromatic carbocycles. The van der Waals surface area contributed by atoms with Gasteiger partial charge in [-0.15, -0.1) is 0 Å². The average Bonchev–Trinajstić information content (AvgIpc) is 3.49. The van der Waals surface area contributed by atoms with Crippen LogP contribution in [-0.2, 0) is 90.0 Å². The Labute approximate surface area is 464 Å². The van der Waals surface area contributed by atoms with Crippen LogP contribution in [0.15, 0.2) is 217 Å². The lowest BCUT2D eigenvalue weighted by molar-refractivity contribution is -0.307. The van der Waals surface area contributed by atoms with E-state index in [1.807, 2.05) is 182 Å². The third-order valence-electron chi connectivity index (χ3n) is 13.1. The van der Waals surface area contributed by atoms with Crippen molar-refractivity contribution in [2.75, 3.05) is 13.2 Å². The van der Waals surface area contributed by atoms with Gasteiger partial charge >= 0.3 is 17.9 Å². The topological polar surface area (TPSA) is 164 Å². The first-order valence-electron chi connectivity index (χ1n) is 26.4. The van der Waals surface area contributed by atoms with E-state index in [1.165, 1.54) is 11.8 Å². The molecule has 0 spiro atoms. The average molecular weight is 1090 g/mol. The number of carbonyl (C=O) groups is 3. The van der Waals surface area contributed by atoms with Gasteiger partial charge in [-0.25, -0.2) is 4.79 Å². The zero-order valence-corrected chi connectivity index (χ0v) is 44.3. The van der Waals surface area contributed by atoms with E-state index in [-0.39, 0.29) is 45.2 Å². The lowest BCUT2D eigenvalue weighted by Crippen LogP contribution is -2.61. The van der Waals surface area contributed by atoms with Crippen LogP contribution in [0.1, 0.15) is 51.0 Å². The maximum Gasteiger partial charge on any atom is 0.338 e. The van der Waals surface area contributed by atoms with Crippen LogP contribution in [0.3, 0.4) is 0 Å². The molecular formula is C64H64O14S. The van der Waals surface area contributed by atoms with Crippen molar-refractivity contribution < 1.29 is 66.9 Å². The Kier molecular flexibility index (Phi) is 21.4. The molecular weight excluding hydrogens is 1020 g/mol. The largest absolute Gasteiger partial charge is 0.457 e. The van der Waals surface area contributed by atoms with E-state index >= 15 is 0 Å². The summed E-state index contributed by atoms with van der Waals surface area (Å²) in [6, 6.07) is 65.9. The maximum atomic E-state index is 14.4. The van der Waals surface area contributed by atoms with Crippen molar-refractivity contribution in [2.45, 2.75) is 111 Å². The van der Waals surface area contributed by atoms with Crippen molar-refractivity contribution in [1.29, 1.82) is 0 Å². The lowest BCUT2D eigenvalue weighted by Gasteiger charge is -2.45. The van der Waals surface area contributed by atoms with Crippen LogP contribution in [-0.4, -0.2) is 96.8 Å². The second-order valence-corrected chi connectivity index (χ2v) is 20.1. The molecule has 10 atom stereocenters. The highest BCUT2D eigenvalue weighted by Crippen LogP contribution is 2.39. The summed E-state index contributed by atoms with van der Waals surface area (Å²) in [5.74, 6) is -2.36. The van der Waals surface area contributed by atoms with Gasteiger partial charge in [0.25, 0.3) is 0 Å². The number of thioether (sulfide) groups is 1. The molecule has 0 amide bonds. The standard InChI is InChI=1S/C64H64O14S/c65-54(76-57-52(43-69-38-45-22-8-1-9-23-45)74-63(73-42-49-30-16-5-17-31-49)59(56(57)67)78-62(68)50-32-18-6-19-33-50)36-37-55(66)77-61-60(72-41-48-28-14-4-15-29-48)58(71-40-47-26-12-3-13-27-47)53(44-70-39-46-24-10-2-11-25-46)75-64(61)79-51-34-20-7-21-35-51/h1-35,52-53,56-61,63-64,67H,36-44H2/t52-,53-,56+,57-,58-,59-,60+,61+,63+,64-/m1/s1. The lowest BCUT2D eigenvalue weighted by atomic mass is 9.98. The number of hydrogen-bond donors (Lipinski definition) is 1. The van der Waals surface area contributed by atoms with Crippen molar-refractivity contribution in [3.05, 3.63) is 246 Å². The Hall–Kier alpha value is -7.02. The second-order valence-electron chi connectivity index (χ2n) is 19.0. The van der Waals surface area contributed by atoms with Gasteiger partial charge in [0.05, 0.1) is 64.7 Å². The molecule has 0 radical (unpaired) electrons. The van der Waals surface area contributed by atoms with Crippen molar-refractivity contribution in [2.24, 2.45) is 0 Å². The predicted octanol–water partition coefficient (Wildman–Crippen LogP) is 10.2. The van der Waals surface area contributed by atoms with Gasteiger partial charge in [0.15, 0.2) is 24.6 Å². The van der Waals surface area contributed by atoms with Gasteiger partial charge in [0.2, 0.25) is 0 Å². The molecule has 7 aromatic rings. The van der Waals surface area contributed by atoms with Crippen LogP contribution in [0.4, 0.5) is 0 Å². The Balaban J connectivity index is 0.949. The van der Waals surface area contributed by atoms with Crippen LogP contribution in [0.25, 0.3) is 0 Å². The number of aliphatic hydroxyl groups excluding tert-OH is 1. The van der Waals surface area contributed by atoms with E-state index in [4.69, 9.17) is 47.4 Å². The fourth-order valence-electron chi connectivity index (χ4n) is 9.10. The van der Waals surface area contributed by atoms with E-state index < -0.39 is 91.3 Å². The van der Waals surface area contributed by atoms with Gasteiger partial charge in [-0.3, -0.25) is 9.59 Å². The predicted molar refractivity (Wildman–Crippen MR) is 294 cm³/mol. The molecule has 0 bridgehead atoms. The summed E-state index contributed by atoms with van der Waals surface area (Å²) in [4.78, 5) is 43.0. The molecule has 2 aliphatic rings. The highest BCUT2D eigenvalue weighted by molar-refractivity contribution is 7.99. The summed E-state index contributed by atoms with van der Waals surface area (Å²) in [6.07, 6.45) is -11.4. The molecule has 2 saturated heterocycles. The molecule has 2 fully saturated rings. The Morgan fingerprint density at radius 2 is 0.797 bits per heavy atom. The second kappa shape index (κ2) is 29.8. The third kappa shape index (κ3) is 17.0. The van der Waals surface area contributed by atoms with E-state index in [0.717, 1.165) is 32.7 Å². The molecule has 1 N–H and O–H groups in total. The zero-order chi connectivity index (χ0) is 54.4. The van der Waals surface area contributed by atoms with Gasteiger partial charge in [0, 0.05) is 4.90 Å². The number of rotatable bonds is 26. The highest BCUT2D eigenvalue weighted by atomic mass is 32.2. The van der Waals surface area contributed by atoms with Crippen molar-refractivity contribution in [3.63, 3.8) is 0 Å². The van der Waals surface area contributed by atoms with Gasteiger partial charge in [0.1, 0.15) is 36.0 Å². The number of aliphatic hydroxyl groups is 1. The first kappa shape index (κ1) is 56.7. The minimum atomic E-state index is -1.67. The molecule has 410 valence electrons. The molecule has 14 nitrogen and oxygen atoms in total. The van der Waals surface area contributed by atoms with Gasteiger partial charge in [-0.05, 0) is 52.1 Å². The monoisotopic (exact) mass is 1090 g/mol. The van der Waals surface area contributed by atoms with Gasteiger partial charge in [-0.2, -0.15) is 0 Å². The third-order valence-corrected chi connectivity index (χ3v) is 14.3. The number of esters is 3. The zero-order valence-electron chi connectivity index (χ0n) is 43.5. The molecule has 0 aliphatic carbocycles. The van der Waals surface area contributed by atoms with E-state index in [9.17, 15) is 19.5 Å². The molecule has 0 aromatic heterocycles. The Bertz CT molecular complexity index is 2890. The summed E-state index contributed by atoms with van der Waals surface area (Å²) in [5.41, 5.74) is 3.84. The quantitative estimate of drug-likeness (QED) is 0.0402. The van der Waals surface area contributed by atoms with Crippen LogP contribution in [0.2, 0.25) is 0 Å². The number of benzene rings is 7. The van der Waals surface area contributed by atoms with Crippen molar-refractivity contribution in [1.82, 2.24) is 0 Å². The summed E-state index contributed by atoms with van der Waals surface area (Å²) in [7, 11) is 0. The van der Waals surface area contributed by atoms with Crippen molar-refractivity contribution >= 4 is 29.7 Å². The fraction of sp³-hybridized carbons (Fsp3) is 0.297. The summed E-state index contributed by atoms with van der Waals surface area (Å²) < 4.78 is 64.0. The maximum absolute atomic E-state index is 14.4. The van der Waals surface area contributed by atoms with Crippen molar-refractivity contribution in [3.8, 4) is 0 Å².